The fourth-order valence-electron chi connectivity index (χ4n) is 3.05. The Morgan fingerprint density at radius 2 is 1.74 bits per heavy atom. The lowest BCUT2D eigenvalue weighted by Gasteiger charge is -2.13. The number of esters is 1. The smallest absolute Gasteiger partial charge is 0.360 e. The van der Waals surface area contributed by atoms with Gasteiger partial charge in [0.05, 0.1) is 43.2 Å². The van der Waals surface area contributed by atoms with Gasteiger partial charge in [0.2, 0.25) is 0 Å². The van der Waals surface area contributed by atoms with Crippen molar-refractivity contribution in [2.45, 2.75) is 6.92 Å². The summed E-state index contributed by atoms with van der Waals surface area (Å²) in [5.74, 6) is -1.76. The Morgan fingerprint density at radius 3 is 2.32 bits per heavy atom. The fourth-order valence-corrected chi connectivity index (χ4v) is 3.05. The monoisotopic (exact) mass is 468 g/mol. The molecule has 0 spiro atoms. The predicted molar refractivity (Wildman–Crippen MR) is 120 cm³/mol. The highest BCUT2D eigenvalue weighted by Crippen LogP contribution is 2.35. The van der Waals surface area contributed by atoms with Crippen molar-refractivity contribution < 1.29 is 28.7 Å². The number of nitrogens with one attached hydrogen (secondary N) is 1. The van der Waals surface area contributed by atoms with Crippen molar-refractivity contribution in [1.82, 2.24) is 9.78 Å². The van der Waals surface area contributed by atoms with Gasteiger partial charge in [0, 0.05) is 12.1 Å². The number of nitrogens with zero attached hydrogens (tertiary/aromatic N) is 3. The highest BCUT2D eigenvalue weighted by molar-refractivity contribution is 6.09. The quantitative estimate of drug-likeness (QED) is 0.299. The lowest BCUT2D eigenvalue weighted by atomic mass is 10.1. The molecule has 176 valence electrons. The third kappa shape index (κ3) is 4.85. The van der Waals surface area contributed by atoms with Crippen LogP contribution < -0.4 is 20.3 Å². The van der Waals surface area contributed by atoms with Crippen LogP contribution in [0.4, 0.5) is 11.4 Å². The molecule has 1 amide bonds. The number of methoxy groups -OCH3 is 2. The number of rotatable bonds is 8. The number of nitro groups is 1. The molecule has 0 unspecified atom stereocenters. The lowest BCUT2D eigenvalue weighted by Crippen LogP contribution is -2.27. The number of para-hydroxylation sites is 1. The average molecular weight is 468 g/mol. The third-order valence-corrected chi connectivity index (χ3v) is 4.59. The van der Waals surface area contributed by atoms with E-state index < -0.39 is 28.0 Å². The highest BCUT2D eigenvalue weighted by Gasteiger charge is 2.27. The number of carbonyl (C=O) groups excluding carboxylic acids is 2. The molecular formula is C22H20N4O8. The minimum atomic E-state index is -0.975. The number of aromatic nitrogens is 2. The van der Waals surface area contributed by atoms with E-state index in [4.69, 9.17) is 14.2 Å². The number of anilines is 1. The van der Waals surface area contributed by atoms with Gasteiger partial charge < -0.3 is 19.5 Å². The molecular weight excluding hydrogens is 448 g/mol. The van der Waals surface area contributed by atoms with E-state index in [2.05, 4.69) is 10.4 Å². The summed E-state index contributed by atoms with van der Waals surface area (Å²) in [4.78, 5) is 49.0. The van der Waals surface area contributed by atoms with Crippen LogP contribution in [0.1, 0.15) is 27.8 Å². The van der Waals surface area contributed by atoms with E-state index in [1.54, 1.807) is 37.3 Å². The standard InChI is InChI=1S/C22H20N4O8/c1-4-34-22(29)20-15(11-19(27)25(24-20)13-8-6-5-7-9-13)23-21(28)14-10-17(32-2)18(33-3)12-16(14)26(30)31/h5-12H,4H2,1-3H3,(H,23,28). The van der Waals surface area contributed by atoms with E-state index >= 15 is 0 Å². The maximum absolute atomic E-state index is 13.0. The van der Waals surface area contributed by atoms with Crippen LogP contribution in [0.3, 0.4) is 0 Å². The van der Waals surface area contributed by atoms with Crippen LogP contribution >= 0.6 is 0 Å². The van der Waals surface area contributed by atoms with Crippen LogP contribution in [0.25, 0.3) is 5.69 Å². The number of hydrogen-bond acceptors (Lipinski definition) is 9. The van der Waals surface area contributed by atoms with Gasteiger partial charge in [0.1, 0.15) is 5.56 Å². The molecule has 0 aliphatic heterocycles. The van der Waals surface area contributed by atoms with Gasteiger partial charge in [-0.15, -0.1) is 0 Å². The van der Waals surface area contributed by atoms with Crippen molar-refractivity contribution in [2.24, 2.45) is 0 Å². The first-order chi connectivity index (χ1) is 16.3. The highest BCUT2D eigenvalue weighted by atomic mass is 16.6. The molecule has 0 atom stereocenters. The van der Waals surface area contributed by atoms with Gasteiger partial charge in [0.25, 0.3) is 17.2 Å². The Hall–Kier alpha value is -4.74. The van der Waals surface area contributed by atoms with Gasteiger partial charge in [-0.3, -0.25) is 19.7 Å². The maximum Gasteiger partial charge on any atom is 0.360 e. The first-order valence-electron chi connectivity index (χ1n) is 9.89. The Morgan fingerprint density at radius 1 is 1.09 bits per heavy atom. The molecule has 0 fully saturated rings. The molecule has 1 N–H and O–H groups in total. The molecule has 1 aromatic heterocycles. The van der Waals surface area contributed by atoms with Crippen LogP contribution in [-0.4, -0.2) is 47.4 Å². The maximum atomic E-state index is 13.0. The molecule has 1 heterocycles. The lowest BCUT2D eigenvalue weighted by molar-refractivity contribution is -0.385. The molecule has 0 aliphatic carbocycles. The van der Waals surface area contributed by atoms with Crippen molar-refractivity contribution in [2.75, 3.05) is 26.1 Å². The zero-order chi connectivity index (χ0) is 24.8. The second-order valence-corrected chi connectivity index (χ2v) is 6.65. The third-order valence-electron chi connectivity index (χ3n) is 4.59. The number of amides is 1. The molecule has 0 bridgehead atoms. The summed E-state index contributed by atoms with van der Waals surface area (Å²) in [6.45, 7) is 1.59. The molecule has 3 aromatic rings. The second-order valence-electron chi connectivity index (χ2n) is 6.65. The van der Waals surface area contributed by atoms with Gasteiger partial charge in [-0.1, -0.05) is 18.2 Å². The Kier molecular flexibility index (Phi) is 7.21. The van der Waals surface area contributed by atoms with Crippen molar-refractivity contribution in [1.29, 1.82) is 0 Å². The summed E-state index contributed by atoms with van der Waals surface area (Å²) in [5, 5.41) is 18.0. The van der Waals surface area contributed by atoms with E-state index in [9.17, 15) is 24.5 Å². The van der Waals surface area contributed by atoms with Crippen LogP contribution in [-0.2, 0) is 4.74 Å². The Labute approximate surface area is 192 Å². The van der Waals surface area contributed by atoms with Crippen molar-refractivity contribution >= 4 is 23.3 Å². The summed E-state index contributed by atoms with van der Waals surface area (Å²) in [5.41, 5.74) is -1.86. The summed E-state index contributed by atoms with van der Waals surface area (Å²) in [6.07, 6.45) is 0. The number of benzene rings is 2. The van der Waals surface area contributed by atoms with Crippen molar-refractivity contribution in [3.63, 3.8) is 0 Å². The number of nitro benzene ring substituents is 1. The van der Waals surface area contributed by atoms with Crippen molar-refractivity contribution in [3.05, 3.63) is 80.3 Å². The van der Waals surface area contributed by atoms with Crippen LogP contribution in [0.2, 0.25) is 0 Å². The summed E-state index contributed by atoms with van der Waals surface area (Å²) < 4.78 is 16.1. The molecule has 12 nitrogen and oxygen atoms in total. The van der Waals surface area contributed by atoms with Crippen molar-refractivity contribution in [3.8, 4) is 17.2 Å². The first kappa shape index (κ1) is 23.9. The minimum Gasteiger partial charge on any atom is -0.493 e. The molecule has 34 heavy (non-hydrogen) atoms. The van der Waals surface area contributed by atoms with Gasteiger partial charge in [-0.2, -0.15) is 9.78 Å². The predicted octanol–water partition coefficient (Wildman–Crippen LogP) is 2.59. The van der Waals surface area contributed by atoms with Crippen LogP contribution in [0.5, 0.6) is 11.5 Å². The van der Waals surface area contributed by atoms with E-state index in [0.717, 1.165) is 22.9 Å². The molecule has 3 rings (SSSR count). The molecule has 0 aliphatic rings. The Balaban J connectivity index is 2.11. The topological polar surface area (TPSA) is 152 Å². The van der Waals surface area contributed by atoms with E-state index in [1.165, 1.54) is 14.2 Å². The summed E-state index contributed by atoms with van der Waals surface area (Å²) in [6, 6.07) is 11.4. The average Bonchev–Trinajstić information content (AvgIpc) is 2.83. The molecule has 12 heteroatoms. The normalized spacial score (nSPS) is 10.3. The molecule has 0 saturated heterocycles. The van der Waals surface area contributed by atoms with Crippen LogP contribution in [0, 0.1) is 10.1 Å². The zero-order valence-corrected chi connectivity index (χ0v) is 18.4. The van der Waals surface area contributed by atoms with Gasteiger partial charge >= 0.3 is 5.97 Å². The van der Waals surface area contributed by atoms with Gasteiger partial charge in [0.15, 0.2) is 17.2 Å². The van der Waals surface area contributed by atoms with E-state index in [0.29, 0.717) is 5.69 Å². The number of hydrogen-bond donors (Lipinski definition) is 1. The Bertz CT molecular complexity index is 1300. The summed E-state index contributed by atoms with van der Waals surface area (Å²) >= 11 is 0. The molecule has 0 saturated carbocycles. The van der Waals surface area contributed by atoms with Gasteiger partial charge in [-0.25, -0.2) is 4.79 Å². The summed E-state index contributed by atoms with van der Waals surface area (Å²) in [7, 11) is 2.59. The van der Waals surface area contributed by atoms with Crippen LogP contribution in [0.15, 0.2) is 53.3 Å². The first-order valence-corrected chi connectivity index (χ1v) is 9.89. The van der Waals surface area contributed by atoms with E-state index in [1.807, 2.05) is 0 Å². The molecule has 0 radical (unpaired) electrons. The zero-order valence-electron chi connectivity index (χ0n) is 18.4. The molecule has 2 aromatic carbocycles. The van der Waals surface area contributed by atoms with Gasteiger partial charge in [-0.05, 0) is 19.1 Å². The minimum absolute atomic E-state index is 0.0134. The number of carbonyl (C=O) groups is 2. The largest absolute Gasteiger partial charge is 0.493 e. The van der Waals surface area contributed by atoms with E-state index in [-0.39, 0.29) is 35.1 Å². The fraction of sp³-hybridized carbons (Fsp3) is 0.182. The SMILES string of the molecule is CCOC(=O)c1nn(-c2ccccc2)c(=O)cc1NC(=O)c1cc(OC)c(OC)cc1[N+](=O)[O-]. The number of ether oxygens (including phenoxy) is 3. The second kappa shape index (κ2) is 10.3.